The second-order valence-electron chi connectivity index (χ2n) is 5.28. The first-order chi connectivity index (χ1) is 8.62. The molecule has 4 heteroatoms. The van der Waals surface area contributed by atoms with Crippen molar-refractivity contribution in [2.24, 2.45) is 0 Å². The van der Waals surface area contributed by atoms with E-state index in [1.807, 2.05) is 6.92 Å². The molecule has 1 unspecified atom stereocenters. The molecule has 1 rings (SSSR count). The number of carbonyl (C=O) groups is 1. The minimum absolute atomic E-state index is 0.181. The molecule has 18 heavy (non-hydrogen) atoms. The Labute approximate surface area is 110 Å². The van der Waals surface area contributed by atoms with E-state index in [0.29, 0.717) is 6.10 Å². The van der Waals surface area contributed by atoms with Gasteiger partial charge in [0, 0.05) is 6.61 Å². The minimum Gasteiger partial charge on any atom is -0.468 e. The fourth-order valence-electron chi connectivity index (χ4n) is 2.10. The molecule has 106 valence electrons. The maximum absolute atomic E-state index is 11.8. The van der Waals surface area contributed by atoms with E-state index >= 15 is 0 Å². The van der Waals surface area contributed by atoms with E-state index in [-0.39, 0.29) is 5.97 Å². The molecule has 0 spiro atoms. The van der Waals surface area contributed by atoms with E-state index in [2.05, 4.69) is 12.2 Å². The van der Waals surface area contributed by atoms with Crippen LogP contribution in [-0.2, 0) is 14.3 Å². The average molecular weight is 257 g/mol. The lowest BCUT2D eigenvalue weighted by atomic mass is 9.95. The normalized spacial score (nSPS) is 19.1. The van der Waals surface area contributed by atoms with Gasteiger partial charge in [-0.25, -0.2) is 0 Å². The molecule has 1 N–H and O–H groups in total. The van der Waals surface area contributed by atoms with Gasteiger partial charge in [0.2, 0.25) is 0 Å². The summed E-state index contributed by atoms with van der Waals surface area (Å²) in [7, 11) is 1.44. The zero-order chi connectivity index (χ0) is 13.4. The van der Waals surface area contributed by atoms with Gasteiger partial charge in [0.05, 0.1) is 13.2 Å². The highest BCUT2D eigenvalue weighted by Gasteiger charge is 2.33. The Morgan fingerprint density at radius 3 is 2.67 bits per heavy atom. The van der Waals surface area contributed by atoms with E-state index in [9.17, 15) is 4.79 Å². The number of ether oxygens (including phenoxy) is 2. The molecular formula is C14H27NO3. The van der Waals surface area contributed by atoms with Gasteiger partial charge in [0.25, 0.3) is 0 Å². The van der Waals surface area contributed by atoms with Crippen LogP contribution in [0.5, 0.6) is 0 Å². The summed E-state index contributed by atoms with van der Waals surface area (Å²) in [5.41, 5.74) is -0.576. The highest BCUT2D eigenvalue weighted by Crippen LogP contribution is 2.22. The van der Waals surface area contributed by atoms with Crippen LogP contribution in [0.3, 0.4) is 0 Å². The number of nitrogens with one attached hydrogen (secondary N) is 1. The van der Waals surface area contributed by atoms with Crippen LogP contribution in [0.15, 0.2) is 0 Å². The van der Waals surface area contributed by atoms with Crippen molar-refractivity contribution in [2.75, 3.05) is 20.3 Å². The molecule has 0 amide bonds. The van der Waals surface area contributed by atoms with Crippen molar-refractivity contribution in [1.29, 1.82) is 0 Å². The lowest BCUT2D eigenvalue weighted by Gasteiger charge is -2.29. The summed E-state index contributed by atoms with van der Waals surface area (Å²) in [6, 6.07) is 0. The second kappa shape index (κ2) is 7.74. The number of carbonyl (C=O) groups excluding carboxylic acids is 1. The summed E-state index contributed by atoms with van der Waals surface area (Å²) in [4.78, 5) is 11.8. The van der Waals surface area contributed by atoms with E-state index in [1.54, 1.807) is 0 Å². The summed E-state index contributed by atoms with van der Waals surface area (Å²) in [5.74, 6) is -0.181. The Morgan fingerprint density at radius 1 is 1.44 bits per heavy atom. The van der Waals surface area contributed by atoms with Crippen molar-refractivity contribution in [3.63, 3.8) is 0 Å². The summed E-state index contributed by atoms with van der Waals surface area (Å²) in [5, 5.41) is 3.28. The van der Waals surface area contributed by atoms with Crippen molar-refractivity contribution >= 4 is 5.97 Å². The topological polar surface area (TPSA) is 47.6 Å². The predicted molar refractivity (Wildman–Crippen MR) is 71.5 cm³/mol. The van der Waals surface area contributed by atoms with Gasteiger partial charge in [-0.05, 0) is 52.0 Å². The maximum atomic E-state index is 11.8. The van der Waals surface area contributed by atoms with Crippen molar-refractivity contribution in [3.8, 4) is 0 Å². The predicted octanol–water partition coefficient (Wildman–Crippen LogP) is 2.27. The van der Waals surface area contributed by atoms with Crippen LogP contribution in [0.25, 0.3) is 0 Å². The molecule has 0 aromatic carbocycles. The summed E-state index contributed by atoms with van der Waals surface area (Å²) >= 11 is 0. The van der Waals surface area contributed by atoms with Crippen LogP contribution in [0.2, 0.25) is 0 Å². The van der Waals surface area contributed by atoms with Gasteiger partial charge in [-0.1, -0.05) is 6.92 Å². The zero-order valence-electron chi connectivity index (χ0n) is 12.0. The number of esters is 1. The first-order valence-electron chi connectivity index (χ1n) is 7.07. The molecule has 0 heterocycles. The standard InChI is InChI=1S/C14H27NO3/c1-4-10-15-14(2,13(16)17-3)9-6-11-18-12-7-5-8-12/h12,15H,4-11H2,1-3H3. The Balaban J connectivity index is 2.27. The molecule has 0 aromatic rings. The van der Waals surface area contributed by atoms with Gasteiger partial charge >= 0.3 is 5.97 Å². The fraction of sp³-hybridized carbons (Fsp3) is 0.929. The smallest absolute Gasteiger partial charge is 0.325 e. The first kappa shape index (κ1) is 15.4. The van der Waals surface area contributed by atoms with E-state index < -0.39 is 5.54 Å². The molecular weight excluding hydrogens is 230 g/mol. The molecule has 1 atom stereocenters. The number of hydrogen-bond donors (Lipinski definition) is 1. The second-order valence-corrected chi connectivity index (χ2v) is 5.28. The monoisotopic (exact) mass is 257 g/mol. The van der Waals surface area contributed by atoms with Gasteiger partial charge in [-0.3, -0.25) is 4.79 Å². The van der Waals surface area contributed by atoms with Crippen molar-refractivity contribution in [2.45, 2.75) is 64.0 Å². The van der Waals surface area contributed by atoms with E-state index in [4.69, 9.17) is 9.47 Å². The Bertz CT molecular complexity index is 253. The van der Waals surface area contributed by atoms with E-state index in [1.165, 1.54) is 26.4 Å². The van der Waals surface area contributed by atoms with Crippen LogP contribution >= 0.6 is 0 Å². The zero-order valence-corrected chi connectivity index (χ0v) is 12.0. The van der Waals surface area contributed by atoms with Gasteiger partial charge in [0.1, 0.15) is 5.54 Å². The molecule has 0 bridgehead atoms. The maximum Gasteiger partial charge on any atom is 0.325 e. The van der Waals surface area contributed by atoms with Gasteiger partial charge in [-0.15, -0.1) is 0 Å². The number of methoxy groups -OCH3 is 1. The van der Waals surface area contributed by atoms with Gasteiger partial charge < -0.3 is 14.8 Å². The molecule has 1 aliphatic carbocycles. The van der Waals surface area contributed by atoms with Crippen LogP contribution in [0, 0.1) is 0 Å². The minimum atomic E-state index is -0.576. The molecule has 1 saturated carbocycles. The molecule has 0 aliphatic heterocycles. The molecule has 1 aliphatic rings. The van der Waals surface area contributed by atoms with E-state index in [0.717, 1.165) is 32.4 Å². The summed E-state index contributed by atoms with van der Waals surface area (Å²) in [6.45, 7) is 5.57. The molecule has 1 fully saturated rings. The average Bonchev–Trinajstić information content (AvgIpc) is 2.32. The summed E-state index contributed by atoms with van der Waals surface area (Å²) < 4.78 is 10.6. The Kier molecular flexibility index (Phi) is 6.65. The largest absolute Gasteiger partial charge is 0.468 e. The van der Waals surface area contributed by atoms with Crippen LogP contribution < -0.4 is 5.32 Å². The first-order valence-corrected chi connectivity index (χ1v) is 7.07. The van der Waals surface area contributed by atoms with Crippen molar-refractivity contribution in [3.05, 3.63) is 0 Å². The van der Waals surface area contributed by atoms with Gasteiger partial charge in [-0.2, -0.15) is 0 Å². The quantitative estimate of drug-likeness (QED) is 0.508. The number of hydrogen-bond acceptors (Lipinski definition) is 4. The lowest BCUT2D eigenvalue weighted by Crippen LogP contribution is -2.50. The third kappa shape index (κ3) is 4.58. The SMILES string of the molecule is CCCNC(C)(CCCOC1CCC1)C(=O)OC. The van der Waals surface area contributed by atoms with Crippen LogP contribution in [0.4, 0.5) is 0 Å². The molecule has 4 nitrogen and oxygen atoms in total. The Morgan fingerprint density at radius 2 is 2.17 bits per heavy atom. The third-order valence-electron chi connectivity index (χ3n) is 3.63. The lowest BCUT2D eigenvalue weighted by molar-refractivity contribution is -0.148. The number of rotatable bonds is 9. The Hall–Kier alpha value is -0.610. The van der Waals surface area contributed by atoms with Gasteiger partial charge in [0.15, 0.2) is 0 Å². The fourth-order valence-corrected chi connectivity index (χ4v) is 2.10. The summed E-state index contributed by atoms with van der Waals surface area (Å²) in [6.07, 6.45) is 6.81. The highest BCUT2D eigenvalue weighted by atomic mass is 16.5. The van der Waals surface area contributed by atoms with Crippen LogP contribution in [-0.4, -0.2) is 37.9 Å². The van der Waals surface area contributed by atoms with Crippen molar-refractivity contribution in [1.82, 2.24) is 5.32 Å². The third-order valence-corrected chi connectivity index (χ3v) is 3.63. The molecule has 0 radical (unpaired) electrons. The van der Waals surface area contributed by atoms with Crippen LogP contribution in [0.1, 0.15) is 52.4 Å². The highest BCUT2D eigenvalue weighted by molar-refractivity contribution is 5.80. The molecule has 0 saturated heterocycles. The van der Waals surface area contributed by atoms with Crippen molar-refractivity contribution < 1.29 is 14.3 Å². The molecule has 0 aromatic heterocycles.